The Hall–Kier alpha value is -1.09. The number of likely N-dealkylation sites (tertiary alicyclic amines) is 1. The highest BCUT2D eigenvalue weighted by Crippen LogP contribution is 2.33. The lowest BCUT2D eigenvalue weighted by Gasteiger charge is -2.36. The molecule has 1 atom stereocenters. The number of hydrogen-bond acceptors (Lipinski definition) is 3. The largest absolute Gasteiger partial charge is 0.357 e. The molecule has 3 nitrogen and oxygen atoms in total. The number of nitrogens with zero attached hydrogens (tertiary/aromatic N) is 3. The van der Waals surface area contributed by atoms with E-state index in [2.05, 4.69) is 35.8 Å². The molecule has 2 aliphatic rings. The van der Waals surface area contributed by atoms with Crippen molar-refractivity contribution >= 4 is 5.82 Å². The van der Waals surface area contributed by atoms with Gasteiger partial charge in [-0.25, -0.2) is 4.98 Å². The van der Waals surface area contributed by atoms with Crippen molar-refractivity contribution in [1.82, 2.24) is 9.88 Å². The molecule has 0 radical (unpaired) electrons. The lowest BCUT2D eigenvalue weighted by atomic mass is 9.94. The fourth-order valence-corrected chi connectivity index (χ4v) is 3.93. The highest BCUT2D eigenvalue weighted by Gasteiger charge is 2.24. The summed E-state index contributed by atoms with van der Waals surface area (Å²) in [5.41, 5.74) is 2.70. The number of piperidine rings is 2. The summed E-state index contributed by atoms with van der Waals surface area (Å²) in [6.45, 7) is 9.23. The molecule has 0 saturated carbocycles. The second kappa shape index (κ2) is 6.78. The number of rotatable bonds is 3. The zero-order valence-electron chi connectivity index (χ0n) is 13.6. The molecule has 21 heavy (non-hydrogen) atoms. The van der Waals surface area contributed by atoms with Crippen molar-refractivity contribution in [3.63, 3.8) is 0 Å². The molecule has 1 aromatic rings. The summed E-state index contributed by atoms with van der Waals surface area (Å²) in [5.74, 6) is 1.19. The molecule has 2 fully saturated rings. The van der Waals surface area contributed by atoms with Crippen LogP contribution in [0.2, 0.25) is 0 Å². The monoisotopic (exact) mass is 287 g/mol. The lowest BCUT2D eigenvalue weighted by Crippen LogP contribution is -2.34. The molecule has 0 amide bonds. The van der Waals surface area contributed by atoms with Crippen LogP contribution in [-0.4, -0.2) is 36.1 Å². The molecule has 3 heterocycles. The Morgan fingerprint density at radius 1 is 1.05 bits per heavy atom. The van der Waals surface area contributed by atoms with Crippen LogP contribution in [0, 0.1) is 6.92 Å². The van der Waals surface area contributed by atoms with Gasteiger partial charge in [0.1, 0.15) is 5.82 Å². The maximum absolute atomic E-state index is 4.94. The molecule has 0 aromatic carbocycles. The van der Waals surface area contributed by atoms with Crippen molar-refractivity contribution in [2.75, 3.05) is 31.1 Å². The molecule has 0 N–H and O–H groups in total. The Kier molecular flexibility index (Phi) is 4.79. The van der Waals surface area contributed by atoms with Crippen molar-refractivity contribution in [2.45, 2.75) is 58.4 Å². The molecule has 2 aliphatic heterocycles. The van der Waals surface area contributed by atoms with Gasteiger partial charge in [-0.1, -0.05) is 19.4 Å². The summed E-state index contributed by atoms with van der Waals surface area (Å²) in [7, 11) is 0. The van der Waals surface area contributed by atoms with Gasteiger partial charge in [0.05, 0.1) is 0 Å². The Bertz CT molecular complexity index is 466. The normalized spacial score (nSPS) is 24.3. The minimum absolute atomic E-state index is 0.589. The van der Waals surface area contributed by atoms with Gasteiger partial charge in [-0.2, -0.15) is 0 Å². The molecular weight excluding hydrogens is 258 g/mol. The maximum atomic E-state index is 4.94. The van der Waals surface area contributed by atoms with Gasteiger partial charge in [-0.05, 0) is 63.7 Å². The average Bonchev–Trinajstić information content (AvgIpc) is 2.55. The lowest BCUT2D eigenvalue weighted by molar-refractivity contribution is 0.156. The van der Waals surface area contributed by atoms with E-state index in [1.54, 1.807) is 0 Å². The molecule has 1 aromatic heterocycles. The van der Waals surface area contributed by atoms with E-state index in [9.17, 15) is 0 Å². The van der Waals surface area contributed by atoms with Crippen molar-refractivity contribution in [3.8, 4) is 0 Å². The quantitative estimate of drug-likeness (QED) is 0.840. The van der Waals surface area contributed by atoms with E-state index in [1.165, 1.54) is 75.2 Å². The van der Waals surface area contributed by atoms with Crippen LogP contribution in [0.1, 0.15) is 62.7 Å². The summed E-state index contributed by atoms with van der Waals surface area (Å²) >= 11 is 0. The van der Waals surface area contributed by atoms with Gasteiger partial charge in [0.25, 0.3) is 0 Å². The molecule has 0 unspecified atom stereocenters. The van der Waals surface area contributed by atoms with E-state index < -0.39 is 0 Å². The zero-order chi connectivity index (χ0) is 14.7. The first-order valence-electron chi connectivity index (χ1n) is 8.76. The highest BCUT2D eigenvalue weighted by atomic mass is 15.2. The minimum atomic E-state index is 0.589. The van der Waals surface area contributed by atoms with Gasteiger partial charge >= 0.3 is 0 Å². The third-order valence-corrected chi connectivity index (χ3v) is 5.17. The standard InChI is InChI=1S/C18H29N3/c1-3-20-12-8-5-9-17(20)16-10-11-18(19-15(16)2)21-13-6-4-7-14-21/h10-11,17H,3-9,12-14H2,1-2H3/t17-/m1/s1. The van der Waals surface area contributed by atoms with E-state index >= 15 is 0 Å². The van der Waals surface area contributed by atoms with Gasteiger partial charge in [-0.15, -0.1) is 0 Å². The fourth-order valence-electron chi connectivity index (χ4n) is 3.93. The maximum Gasteiger partial charge on any atom is 0.128 e. The second-order valence-corrected chi connectivity index (χ2v) is 6.53. The zero-order valence-corrected chi connectivity index (χ0v) is 13.6. The van der Waals surface area contributed by atoms with Crippen molar-refractivity contribution in [3.05, 3.63) is 23.4 Å². The van der Waals surface area contributed by atoms with E-state index in [-0.39, 0.29) is 0 Å². The van der Waals surface area contributed by atoms with Crippen LogP contribution in [0.15, 0.2) is 12.1 Å². The number of aryl methyl sites for hydroxylation is 1. The summed E-state index contributed by atoms with van der Waals surface area (Å²) in [6.07, 6.45) is 8.00. The van der Waals surface area contributed by atoms with Crippen LogP contribution in [0.5, 0.6) is 0 Å². The highest BCUT2D eigenvalue weighted by molar-refractivity contribution is 5.42. The third-order valence-electron chi connectivity index (χ3n) is 5.17. The Balaban J connectivity index is 1.80. The summed E-state index contributed by atoms with van der Waals surface area (Å²) in [4.78, 5) is 10.0. The second-order valence-electron chi connectivity index (χ2n) is 6.53. The van der Waals surface area contributed by atoms with E-state index in [4.69, 9.17) is 4.98 Å². The van der Waals surface area contributed by atoms with E-state index in [0.29, 0.717) is 6.04 Å². The first-order valence-corrected chi connectivity index (χ1v) is 8.76. The molecule has 116 valence electrons. The van der Waals surface area contributed by atoms with Crippen LogP contribution in [0.25, 0.3) is 0 Å². The number of pyridine rings is 1. The van der Waals surface area contributed by atoms with Crippen LogP contribution >= 0.6 is 0 Å². The van der Waals surface area contributed by atoms with Gasteiger partial charge in [-0.3, -0.25) is 4.90 Å². The van der Waals surface area contributed by atoms with Crippen LogP contribution < -0.4 is 4.90 Å². The smallest absolute Gasteiger partial charge is 0.128 e. The average molecular weight is 287 g/mol. The molecule has 0 spiro atoms. The Morgan fingerprint density at radius 3 is 2.52 bits per heavy atom. The topological polar surface area (TPSA) is 19.4 Å². The van der Waals surface area contributed by atoms with Gasteiger partial charge in [0, 0.05) is 24.8 Å². The molecule has 0 aliphatic carbocycles. The van der Waals surface area contributed by atoms with Gasteiger partial charge in [0.15, 0.2) is 0 Å². The Labute approximate surface area is 129 Å². The minimum Gasteiger partial charge on any atom is -0.357 e. The third kappa shape index (κ3) is 3.23. The Morgan fingerprint density at radius 2 is 1.81 bits per heavy atom. The predicted molar refractivity (Wildman–Crippen MR) is 88.9 cm³/mol. The van der Waals surface area contributed by atoms with Crippen LogP contribution in [0.4, 0.5) is 5.82 Å². The summed E-state index contributed by atoms with van der Waals surface area (Å²) in [6, 6.07) is 5.20. The molecular formula is C18H29N3. The van der Waals surface area contributed by atoms with E-state index in [1.807, 2.05) is 0 Å². The number of hydrogen-bond donors (Lipinski definition) is 0. The summed E-state index contributed by atoms with van der Waals surface area (Å²) < 4.78 is 0. The first kappa shape index (κ1) is 14.8. The van der Waals surface area contributed by atoms with E-state index in [0.717, 1.165) is 6.54 Å². The van der Waals surface area contributed by atoms with Crippen molar-refractivity contribution in [2.24, 2.45) is 0 Å². The molecule has 3 rings (SSSR count). The van der Waals surface area contributed by atoms with Gasteiger partial charge in [0.2, 0.25) is 0 Å². The first-order chi connectivity index (χ1) is 10.3. The van der Waals surface area contributed by atoms with Crippen LogP contribution in [0.3, 0.4) is 0 Å². The van der Waals surface area contributed by atoms with Gasteiger partial charge < -0.3 is 4.90 Å². The van der Waals surface area contributed by atoms with Crippen LogP contribution in [-0.2, 0) is 0 Å². The number of aromatic nitrogens is 1. The summed E-state index contributed by atoms with van der Waals surface area (Å²) in [5, 5.41) is 0. The van der Waals surface area contributed by atoms with Crippen molar-refractivity contribution < 1.29 is 0 Å². The number of anilines is 1. The fraction of sp³-hybridized carbons (Fsp3) is 0.722. The molecule has 2 saturated heterocycles. The predicted octanol–water partition coefficient (Wildman–Crippen LogP) is 3.93. The molecule has 0 bridgehead atoms. The van der Waals surface area contributed by atoms with Crippen molar-refractivity contribution in [1.29, 1.82) is 0 Å². The molecule has 3 heteroatoms. The SMILES string of the molecule is CCN1CCCC[C@@H]1c1ccc(N2CCCCC2)nc1C.